The van der Waals surface area contributed by atoms with Gasteiger partial charge in [-0.05, 0) is 64.3 Å². The molecule has 5 heteroatoms. The van der Waals surface area contributed by atoms with Gasteiger partial charge >= 0.3 is 6.09 Å². The summed E-state index contributed by atoms with van der Waals surface area (Å²) in [6.07, 6.45) is 1.11. The number of carbonyl (C=O) groups is 1. The highest BCUT2D eigenvalue weighted by molar-refractivity contribution is 6.30. The van der Waals surface area contributed by atoms with Crippen molar-refractivity contribution in [1.82, 2.24) is 0 Å². The van der Waals surface area contributed by atoms with E-state index >= 15 is 0 Å². The van der Waals surface area contributed by atoms with E-state index in [2.05, 4.69) is 5.32 Å². The van der Waals surface area contributed by atoms with E-state index in [0.717, 1.165) is 18.4 Å². The maximum atomic E-state index is 11.8. The quantitative estimate of drug-likeness (QED) is 0.884. The molecule has 1 unspecified atom stereocenters. The topological polar surface area (TPSA) is 64.3 Å². The van der Waals surface area contributed by atoms with Crippen LogP contribution in [0.1, 0.15) is 39.7 Å². The molecular formula is C15H23ClN2O2. The molecule has 0 aliphatic carbocycles. The average Bonchev–Trinajstić information content (AvgIpc) is 2.26. The number of amides is 1. The number of nitrogens with one attached hydrogen (secondary N) is 1. The second-order valence-electron chi connectivity index (χ2n) is 5.94. The zero-order chi connectivity index (χ0) is 15.3. The van der Waals surface area contributed by atoms with Crippen molar-refractivity contribution < 1.29 is 9.53 Å². The Morgan fingerprint density at radius 3 is 2.65 bits per heavy atom. The molecule has 0 spiro atoms. The van der Waals surface area contributed by atoms with Gasteiger partial charge < -0.3 is 10.5 Å². The van der Waals surface area contributed by atoms with Crippen molar-refractivity contribution in [3.05, 3.63) is 28.8 Å². The molecule has 1 atom stereocenters. The minimum Gasteiger partial charge on any atom is -0.444 e. The van der Waals surface area contributed by atoms with Crippen LogP contribution in [0.5, 0.6) is 0 Å². The lowest BCUT2D eigenvalue weighted by Gasteiger charge is -2.20. The molecule has 1 amide bonds. The third-order valence-electron chi connectivity index (χ3n) is 2.57. The Bertz CT molecular complexity index is 467. The van der Waals surface area contributed by atoms with Crippen molar-refractivity contribution in [1.29, 1.82) is 0 Å². The molecule has 0 aliphatic heterocycles. The van der Waals surface area contributed by atoms with Crippen LogP contribution in [0, 0.1) is 0 Å². The molecule has 20 heavy (non-hydrogen) atoms. The van der Waals surface area contributed by atoms with Crippen LogP contribution in [0.2, 0.25) is 5.02 Å². The Labute approximate surface area is 125 Å². The van der Waals surface area contributed by atoms with E-state index in [4.69, 9.17) is 22.1 Å². The molecule has 0 aliphatic rings. The van der Waals surface area contributed by atoms with E-state index < -0.39 is 11.7 Å². The summed E-state index contributed by atoms with van der Waals surface area (Å²) in [4.78, 5) is 11.8. The number of rotatable bonds is 4. The smallest absolute Gasteiger partial charge is 0.412 e. The molecule has 1 aromatic rings. The van der Waals surface area contributed by atoms with Gasteiger partial charge in [0.2, 0.25) is 0 Å². The lowest BCUT2D eigenvalue weighted by Crippen LogP contribution is -2.27. The second-order valence-corrected chi connectivity index (χ2v) is 6.38. The predicted octanol–water partition coefficient (Wildman–Crippen LogP) is 3.97. The number of hydrogen-bond donors (Lipinski definition) is 2. The van der Waals surface area contributed by atoms with Gasteiger partial charge in [0.25, 0.3) is 0 Å². The van der Waals surface area contributed by atoms with Gasteiger partial charge in [-0.25, -0.2) is 4.79 Å². The van der Waals surface area contributed by atoms with Gasteiger partial charge in [0.15, 0.2) is 0 Å². The van der Waals surface area contributed by atoms with E-state index in [1.807, 2.05) is 33.8 Å². The van der Waals surface area contributed by atoms with Gasteiger partial charge in [0.05, 0.1) is 0 Å². The number of hydrogen-bond acceptors (Lipinski definition) is 3. The average molecular weight is 299 g/mol. The van der Waals surface area contributed by atoms with Crippen molar-refractivity contribution in [2.75, 3.05) is 5.32 Å². The van der Waals surface area contributed by atoms with Crippen LogP contribution in [0.15, 0.2) is 18.2 Å². The molecule has 0 saturated carbocycles. The Morgan fingerprint density at radius 1 is 1.45 bits per heavy atom. The van der Waals surface area contributed by atoms with Gasteiger partial charge in [-0.3, -0.25) is 5.32 Å². The van der Waals surface area contributed by atoms with Crippen LogP contribution in [0.25, 0.3) is 0 Å². The highest BCUT2D eigenvalue weighted by Gasteiger charge is 2.17. The molecule has 0 heterocycles. The number of benzene rings is 1. The molecule has 4 nitrogen and oxygen atoms in total. The molecule has 112 valence electrons. The van der Waals surface area contributed by atoms with Gasteiger partial charge in [0, 0.05) is 16.8 Å². The summed E-state index contributed by atoms with van der Waals surface area (Å²) in [5.41, 5.74) is 6.91. The van der Waals surface area contributed by atoms with Crippen molar-refractivity contribution >= 4 is 23.4 Å². The van der Waals surface area contributed by atoms with Crippen molar-refractivity contribution in [3.8, 4) is 0 Å². The molecule has 0 saturated heterocycles. The fourth-order valence-corrected chi connectivity index (χ4v) is 1.88. The maximum absolute atomic E-state index is 11.8. The molecule has 0 radical (unpaired) electrons. The standard InChI is InChI=1S/C15H23ClN2O2/c1-10(17)5-6-11-9-12(16)7-8-13(11)18-14(19)20-15(2,3)4/h7-10H,5-6,17H2,1-4H3,(H,18,19). The Kier molecular flexibility index (Phi) is 5.84. The summed E-state index contributed by atoms with van der Waals surface area (Å²) in [5, 5.41) is 3.40. The first-order chi connectivity index (χ1) is 9.17. The lowest BCUT2D eigenvalue weighted by atomic mass is 10.0. The van der Waals surface area contributed by atoms with Crippen LogP contribution in [0.3, 0.4) is 0 Å². The van der Waals surface area contributed by atoms with E-state index in [1.165, 1.54) is 0 Å². The molecule has 0 bridgehead atoms. The highest BCUT2D eigenvalue weighted by atomic mass is 35.5. The SMILES string of the molecule is CC(N)CCc1cc(Cl)ccc1NC(=O)OC(C)(C)C. The zero-order valence-corrected chi connectivity index (χ0v) is 13.3. The van der Waals surface area contributed by atoms with Gasteiger partial charge in [0.1, 0.15) is 5.60 Å². The summed E-state index contributed by atoms with van der Waals surface area (Å²) in [6, 6.07) is 5.46. The first-order valence-electron chi connectivity index (χ1n) is 6.71. The van der Waals surface area contributed by atoms with Crippen molar-refractivity contribution in [2.24, 2.45) is 5.73 Å². The Morgan fingerprint density at radius 2 is 2.10 bits per heavy atom. The van der Waals surface area contributed by atoms with Crippen LogP contribution < -0.4 is 11.1 Å². The van der Waals surface area contributed by atoms with Crippen molar-refractivity contribution in [2.45, 2.75) is 52.2 Å². The number of aryl methyl sites for hydroxylation is 1. The fourth-order valence-electron chi connectivity index (χ4n) is 1.69. The van der Waals surface area contributed by atoms with E-state index in [9.17, 15) is 4.79 Å². The van der Waals surface area contributed by atoms with Gasteiger partial charge in [-0.1, -0.05) is 11.6 Å². The van der Waals surface area contributed by atoms with Gasteiger partial charge in [-0.15, -0.1) is 0 Å². The molecule has 3 N–H and O–H groups in total. The molecule has 0 aromatic heterocycles. The largest absolute Gasteiger partial charge is 0.444 e. The summed E-state index contributed by atoms with van der Waals surface area (Å²) in [6.45, 7) is 7.42. The second kappa shape index (κ2) is 6.95. The van der Waals surface area contributed by atoms with Gasteiger partial charge in [-0.2, -0.15) is 0 Å². The molecule has 1 rings (SSSR count). The summed E-state index contributed by atoms with van der Waals surface area (Å²) in [7, 11) is 0. The number of ether oxygens (including phenoxy) is 1. The van der Waals surface area contributed by atoms with Crippen LogP contribution in [0.4, 0.5) is 10.5 Å². The maximum Gasteiger partial charge on any atom is 0.412 e. The van der Waals surface area contributed by atoms with Crippen LogP contribution in [-0.4, -0.2) is 17.7 Å². The third kappa shape index (κ3) is 6.26. The van der Waals surface area contributed by atoms with E-state index in [1.54, 1.807) is 12.1 Å². The zero-order valence-electron chi connectivity index (χ0n) is 12.5. The Balaban J connectivity index is 2.80. The minimum atomic E-state index is -0.525. The summed E-state index contributed by atoms with van der Waals surface area (Å²) < 4.78 is 5.24. The number of halogens is 1. The van der Waals surface area contributed by atoms with E-state index in [-0.39, 0.29) is 6.04 Å². The highest BCUT2D eigenvalue weighted by Crippen LogP contribution is 2.23. The summed E-state index contributed by atoms with van der Waals surface area (Å²) in [5.74, 6) is 0. The number of anilines is 1. The number of nitrogens with two attached hydrogens (primary N) is 1. The fraction of sp³-hybridized carbons (Fsp3) is 0.533. The normalized spacial score (nSPS) is 12.9. The Hall–Kier alpha value is -1.26. The molecular weight excluding hydrogens is 276 g/mol. The first-order valence-corrected chi connectivity index (χ1v) is 7.09. The third-order valence-corrected chi connectivity index (χ3v) is 2.81. The van der Waals surface area contributed by atoms with E-state index in [0.29, 0.717) is 10.7 Å². The minimum absolute atomic E-state index is 0.100. The number of carbonyl (C=O) groups excluding carboxylic acids is 1. The first kappa shape index (κ1) is 16.8. The lowest BCUT2D eigenvalue weighted by molar-refractivity contribution is 0.0636. The molecule has 1 aromatic carbocycles. The monoisotopic (exact) mass is 298 g/mol. The van der Waals surface area contributed by atoms with Crippen LogP contribution >= 0.6 is 11.6 Å². The van der Waals surface area contributed by atoms with Crippen LogP contribution in [-0.2, 0) is 11.2 Å². The molecule has 0 fully saturated rings. The summed E-state index contributed by atoms with van der Waals surface area (Å²) >= 11 is 6.00. The van der Waals surface area contributed by atoms with Crippen molar-refractivity contribution in [3.63, 3.8) is 0 Å². The predicted molar refractivity (Wildman–Crippen MR) is 83.3 cm³/mol.